The largest absolute Gasteiger partial charge is 0.348 e. The molecule has 1 fully saturated rings. The van der Waals surface area contributed by atoms with Gasteiger partial charge in [-0.15, -0.1) is 5.10 Å². The van der Waals surface area contributed by atoms with Gasteiger partial charge in [0, 0.05) is 13.5 Å². The smallest absolute Gasteiger partial charge is 0.179 e. The summed E-state index contributed by atoms with van der Waals surface area (Å²) in [5, 5.41) is 4.60. The van der Waals surface area contributed by atoms with E-state index < -0.39 is 0 Å². The summed E-state index contributed by atoms with van der Waals surface area (Å²) >= 11 is 0. The summed E-state index contributed by atoms with van der Waals surface area (Å²) < 4.78 is 15.2. The third-order valence-corrected chi connectivity index (χ3v) is 4.49. The van der Waals surface area contributed by atoms with Gasteiger partial charge in [-0.3, -0.25) is 4.79 Å². The van der Waals surface area contributed by atoms with Crippen LogP contribution in [0.25, 0.3) is 5.65 Å². The number of halogens is 1. The van der Waals surface area contributed by atoms with Crippen molar-refractivity contribution in [3.05, 3.63) is 59.7 Å². The molecule has 4 rings (SSSR count). The number of hydrogen-bond donors (Lipinski definition) is 0. The average molecular weight is 324 g/mol. The molecule has 3 heterocycles. The summed E-state index contributed by atoms with van der Waals surface area (Å²) in [5.41, 5.74) is 2.06. The second-order valence-electron chi connectivity index (χ2n) is 6.07. The molecular formula is C18H17FN4O. The molecule has 3 aromatic rings. The highest BCUT2D eigenvalue weighted by molar-refractivity contribution is 5.92. The number of carbonyl (C=O) groups excluding carboxylic acids is 1. The lowest BCUT2D eigenvalue weighted by molar-refractivity contribution is 0.101. The van der Waals surface area contributed by atoms with E-state index in [-0.39, 0.29) is 17.6 Å². The molecule has 0 aliphatic carbocycles. The van der Waals surface area contributed by atoms with Crippen LogP contribution >= 0.6 is 0 Å². The van der Waals surface area contributed by atoms with E-state index in [1.807, 2.05) is 18.2 Å². The maximum atomic E-state index is 13.6. The molecule has 1 saturated heterocycles. The topological polar surface area (TPSA) is 50.5 Å². The lowest BCUT2D eigenvalue weighted by Crippen LogP contribution is -2.24. The molecule has 1 aliphatic heterocycles. The third kappa shape index (κ3) is 2.44. The molecule has 6 heteroatoms. The van der Waals surface area contributed by atoms with E-state index in [0.29, 0.717) is 11.3 Å². The quantitative estimate of drug-likeness (QED) is 0.693. The Morgan fingerprint density at radius 3 is 2.96 bits per heavy atom. The number of ketones is 1. The Balaban J connectivity index is 1.75. The van der Waals surface area contributed by atoms with Crippen LogP contribution in [0.15, 0.2) is 42.6 Å². The van der Waals surface area contributed by atoms with Gasteiger partial charge in [-0.1, -0.05) is 12.1 Å². The van der Waals surface area contributed by atoms with Gasteiger partial charge in [0.15, 0.2) is 11.4 Å². The first-order valence-electron chi connectivity index (χ1n) is 8.01. The summed E-state index contributed by atoms with van der Waals surface area (Å²) in [6.45, 7) is 2.35. The first kappa shape index (κ1) is 14.8. The number of fused-ring (bicyclic) bond motifs is 1. The lowest BCUT2D eigenvalue weighted by atomic mass is 10.0. The molecule has 0 saturated carbocycles. The molecule has 0 radical (unpaired) electrons. The van der Waals surface area contributed by atoms with E-state index in [9.17, 15) is 9.18 Å². The van der Waals surface area contributed by atoms with Crippen molar-refractivity contribution in [2.75, 3.05) is 11.4 Å². The summed E-state index contributed by atoms with van der Waals surface area (Å²) in [6, 6.07) is 10.6. The van der Waals surface area contributed by atoms with Gasteiger partial charge in [-0.25, -0.2) is 13.9 Å². The molecule has 0 N–H and O–H groups in total. The van der Waals surface area contributed by atoms with Gasteiger partial charge in [0.25, 0.3) is 0 Å². The second-order valence-corrected chi connectivity index (χ2v) is 6.07. The van der Waals surface area contributed by atoms with Crippen LogP contribution < -0.4 is 4.90 Å². The van der Waals surface area contributed by atoms with E-state index in [1.165, 1.54) is 13.0 Å². The van der Waals surface area contributed by atoms with Crippen molar-refractivity contribution in [1.29, 1.82) is 0 Å². The second kappa shape index (κ2) is 5.70. The predicted octanol–water partition coefficient (Wildman–Crippen LogP) is 3.41. The van der Waals surface area contributed by atoms with Crippen LogP contribution in [-0.4, -0.2) is 26.9 Å². The minimum absolute atomic E-state index is 0.0738. The summed E-state index contributed by atoms with van der Waals surface area (Å²) in [6.07, 6.45) is 3.51. The minimum Gasteiger partial charge on any atom is -0.348 e. The number of anilines is 1. The Morgan fingerprint density at radius 1 is 1.29 bits per heavy atom. The monoisotopic (exact) mass is 324 g/mol. The first-order chi connectivity index (χ1) is 11.6. The van der Waals surface area contributed by atoms with Gasteiger partial charge in [-0.05, 0) is 42.7 Å². The predicted molar refractivity (Wildman–Crippen MR) is 88.7 cm³/mol. The molecule has 1 unspecified atom stereocenters. The SMILES string of the molecule is CC(=O)c1cnc2ccc(N3CCCC3c3cccc(F)c3)nn12. The van der Waals surface area contributed by atoms with Crippen LogP contribution in [0, 0.1) is 5.82 Å². The van der Waals surface area contributed by atoms with Crippen LogP contribution in [0.1, 0.15) is 41.9 Å². The van der Waals surface area contributed by atoms with Crippen LogP contribution in [0.3, 0.4) is 0 Å². The van der Waals surface area contributed by atoms with Gasteiger partial charge in [0.1, 0.15) is 17.3 Å². The Bertz CT molecular complexity index is 920. The number of carbonyl (C=O) groups is 1. The molecule has 24 heavy (non-hydrogen) atoms. The van der Waals surface area contributed by atoms with Gasteiger partial charge < -0.3 is 4.90 Å². The fourth-order valence-corrected chi connectivity index (χ4v) is 3.36. The van der Waals surface area contributed by atoms with Gasteiger partial charge in [-0.2, -0.15) is 0 Å². The van der Waals surface area contributed by atoms with Crippen LogP contribution in [0.2, 0.25) is 0 Å². The number of hydrogen-bond acceptors (Lipinski definition) is 4. The Hall–Kier alpha value is -2.76. The standard InChI is InChI=1S/C18H17FN4O/c1-12(24)16-11-20-17-7-8-18(21-23(16)17)22-9-3-6-15(22)13-4-2-5-14(19)10-13/h2,4-5,7-8,10-11,15H,3,6,9H2,1H3. The fourth-order valence-electron chi connectivity index (χ4n) is 3.36. The Kier molecular flexibility index (Phi) is 3.52. The number of Topliss-reactive ketones (excluding diaryl/α,β-unsaturated/α-hetero) is 1. The van der Waals surface area contributed by atoms with Crippen molar-refractivity contribution >= 4 is 17.2 Å². The van der Waals surface area contributed by atoms with Crippen molar-refractivity contribution in [2.45, 2.75) is 25.8 Å². The highest BCUT2D eigenvalue weighted by Gasteiger charge is 2.28. The lowest BCUT2D eigenvalue weighted by Gasteiger charge is -2.26. The molecule has 0 amide bonds. The molecule has 1 aromatic carbocycles. The van der Waals surface area contributed by atoms with Crippen LogP contribution in [0.5, 0.6) is 0 Å². The van der Waals surface area contributed by atoms with Crippen molar-refractivity contribution < 1.29 is 9.18 Å². The maximum absolute atomic E-state index is 13.6. The molecule has 122 valence electrons. The van der Waals surface area contributed by atoms with Gasteiger partial charge >= 0.3 is 0 Å². The highest BCUT2D eigenvalue weighted by Crippen LogP contribution is 2.35. The fraction of sp³-hybridized carbons (Fsp3) is 0.278. The molecule has 5 nitrogen and oxygen atoms in total. The third-order valence-electron chi connectivity index (χ3n) is 4.49. The zero-order valence-electron chi connectivity index (χ0n) is 13.3. The Labute approximate surface area is 138 Å². The van der Waals surface area contributed by atoms with E-state index in [2.05, 4.69) is 15.0 Å². The Morgan fingerprint density at radius 2 is 2.17 bits per heavy atom. The molecule has 0 spiro atoms. The highest BCUT2D eigenvalue weighted by atomic mass is 19.1. The molecule has 1 aliphatic rings. The summed E-state index contributed by atoms with van der Waals surface area (Å²) in [4.78, 5) is 18.1. The molecule has 0 bridgehead atoms. The van der Waals surface area contributed by atoms with E-state index >= 15 is 0 Å². The molecular weight excluding hydrogens is 307 g/mol. The van der Waals surface area contributed by atoms with Crippen molar-refractivity contribution in [3.63, 3.8) is 0 Å². The number of rotatable bonds is 3. The van der Waals surface area contributed by atoms with Crippen LogP contribution in [0.4, 0.5) is 10.2 Å². The van der Waals surface area contributed by atoms with Crippen molar-refractivity contribution in [1.82, 2.24) is 14.6 Å². The zero-order chi connectivity index (χ0) is 16.7. The molecule has 2 aromatic heterocycles. The number of imidazole rings is 1. The summed E-state index contributed by atoms with van der Waals surface area (Å²) in [5.74, 6) is 0.473. The van der Waals surface area contributed by atoms with Crippen molar-refractivity contribution in [2.24, 2.45) is 0 Å². The van der Waals surface area contributed by atoms with E-state index in [0.717, 1.165) is 30.8 Å². The maximum Gasteiger partial charge on any atom is 0.179 e. The number of nitrogens with zero attached hydrogens (tertiary/aromatic N) is 4. The van der Waals surface area contributed by atoms with Crippen molar-refractivity contribution in [3.8, 4) is 0 Å². The van der Waals surface area contributed by atoms with E-state index in [1.54, 1.807) is 22.8 Å². The average Bonchev–Trinajstić information content (AvgIpc) is 3.21. The zero-order valence-corrected chi connectivity index (χ0v) is 13.3. The summed E-state index contributed by atoms with van der Waals surface area (Å²) in [7, 11) is 0. The molecule has 1 atom stereocenters. The number of aromatic nitrogens is 3. The normalized spacial score (nSPS) is 17.6. The van der Waals surface area contributed by atoms with Gasteiger partial charge in [0.05, 0.1) is 12.2 Å². The minimum atomic E-state index is -0.226. The van der Waals surface area contributed by atoms with Crippen LogP contribution in [-0.2, 0) is 0 Å². The number of benzene rings is 1. The van der Waals surface area contributed by atoms with E-state index in [4.69, 9.17) is 0 Å². The first-order valence-corrected chi connectivity index (χ1v) is 8.01. The van der Waals surface area contributed by atoms with Gasteiger partial charge in [0.2, 0.25) is 0 Å².